The van der Waals surface area contributed by atoms with E-state index in [1.807, 2.05) is 30.3 Å². The fourth-order valence-electron chi connectivity index (χ4n) is 3.88. The number of rotatable bonds is 1. The van der Waals surface area contributed by atoms with Crippen LogP contribution in [0.3, 0.4) is 0 Å². The summed E-state index contributed by atoms with van der Waals surface area (Å²) in [7, 11) is 0. The van der Waals surface area contributed by atoms with Gasteiger partial charge < -0.3 is 0 Å². The summed E-state index contributed by atoms with van der Waals surface area (Å²) in [4.78, 5) is 13.0. The maximum Gasteiger partial charge on any atom is 0.274 e. The van der Waals surface area contributed by atoms with Crippen LogP contribution in [0.2, 0.25) is 0 Å². The van der Waals surface area contributed by atoms with Gasteiger partial charge in [0.15, 0.2) is 0 Å². The van der Waals surface area contributed by atoms with E-state index in [0.717, 1.165) is 45.8 Å². The number of nitrogens with zero attached hydrogens (tertiary/aromatic N) is 3. The Balaban J connectivity index is 1.87. The fourth-order valence-corrected chi connectivity index (χ4v) is 3.88. The molecule has 5 rings (SSSR count). The maximum absolute atomic E-state index is 13.0. The van der Waals surface area contributed by atoms with E-state index in [1.54, 1.807) is 10.9 Å². The van der Waals surface area contributed by atoms with Gasteiger partial charge >= 0.3 is 0 Å². The predicted molar refractivity (Wildman–Crippen MR) is 91.9 cm³/mol. The van der Waals surface area contributed by atoms with E-state index in [2.05, 4.69) is 15.6 Å². The highest BCUT2D eigenvalue weighted by Gasteiger charge is 2.24. The van der Waals surface area contributed by atoms with Crippen molar-refractivity contribution < 1.29 is 0 Å². The second kappa shape index (κ2) is 4.65. The van der Waals surface area contributed by atoms with E-state index in [9.17, 15) is 4.79 Å². The Morgan fingerprint density at radius 1 is 1.13 bits per heavy atom. The normalized spacial score (nSPS) is 17.4. The van der Waals surface area contributed by atoms with Gasteiger partial charge in [0.05, 0.1) is 22.6 Å². The van der Waals surface area contributed by atoms with Crippen LogP contribution >= 0.6 is 0 Å². The lowest BCUT2D eigenvalue weighted by Gasteiger charge is -2.14. The molecule has 0 atom stereocenters. The van der Waals surface area contributed by atoms with Crippen LogP contribution in [0.15, 0.2) is 34.2 Å². The van der Waals surface area contributed by atoms with Gasteiger partial charge in [-0.15, -0.1) is 0 Å². The van der Waals surface area contributed by atoms with Gasteiger partial charge in [0.2, 0.25) is 0 Å². The van der Waals surface area contributed by atoms with Crippen molar-refractivity contribution in [2.24, 2.45) is 5.10 Å². The molecule has 0 spiro atoms. The topological polar surface area (TPSA) is 59.3 Å². The molecule has 5 heteroatoms. The molecule has 23 heavy (non-hydrogen) atoms. The molecule has 0 aromatic carbocycles. The van der Waals surface area contributed by atoms with Crippen LogP contribution in [0, 0.1) is 0 Å². The van der Waals surface area contributed by atoms with Crippen LogP contribution in [0.25, 0.3) is 28.1 Å². The molecule has 1 saturated carbocycles. The van der Waals surface area contributed by atoms with Crippen LogP contribution in [-0.2, 0) is 0 Å². The summed E-state index contributed by atoms with van der Waals surface area (Å²) in [6, 6.07) is 8.20. The van der Waals surface area contributed by atoms with E-state index in [-0.39, 0.29) is 11.6 Å². The Kier molecular flexibility index (Phi) is 2.59. The number of hydrogen-bond acceptors (Lipinski definition) is 4. The van der Waals surface area contributed by atoms with Crippen LogP contribution < -0.4 is 16.2 Å². The van der Waals surface area contributed by atoms with Crippen molar-refractivity contribution in [3.05, 3.63) is 39.8 Å². The molecule has 0 radical (unpaired) electrons. The van der Waals surface area contributed by atoms with Crippen molar-refractivity contribution in [1.82, 2.24) is 9.78 Å². The first-order valence-electron chi connectivity index (χ1n) is 8.10. The molecule has 0 unspecified atom stereocenters. The number of hydrazone groups is 1. The number of hydrogen-bond donors (Lipinski definition) is 1. The van der Waals surface area contributed by atoms with E-state index in [1.165, 1.54) is 12.8 Å². The zero-order valence-corrected chi connectivity index (χ0v) is 12.6. The summed E-state index contributed by atoms with van der Waals surface area (Å²) in [5, 5.41) is 10.6. The number of anilines is 1. The van der Waals surface area contributed by atoms with Crippen molar-refractivity contribution in [1.29, 1.82) is 0 Å². The zero-order chi connectivity index (χ0) is 15.4. The van der Waals surface area contributed by atoms with Crippen molar-refractivity contribution in [2.45, 2.75) is 31.7 Å². The summed E-state index contributed by atoms with van der Waals surface area (Å²) in [5.74, 6) is 0. The zero-order valence-electron chi connectivity index (χ0n) is 12.6. The monoisotopic (exact) mass is 304 g/mol. The third-order valence-corrected chi connectivity index (χ3v) is 5.02. The SMILES string of the molecule is O=c1c2ccc3c(c4ccc(nn1C1CCCC1)c2-4)NN=CC=3. The molecule has 114 valence electrons. The smallest absolute Gasteiger partial charge is 0.274 e. The van der Waals surface area contributed by atoms with Crippen LogP contribution in [-0.4, -0.2) is 16.0 Å². The third kappa shape index (κ3) is 1.76. The molecule has 1 fully saturated rings. The molecule has 0 saturated heterocycles. The summed E-state index contributed by atoms with van der Waals surface area (Å²) in [5.41, 5.74) is 6.86. The Labute approximate surface area is 132 Å². The van der Waals surface area contributed by atoms with Crippen LogP contribution in [0.4, 0.5) is 5.69 Å². The average molecular weight is 304 g/mol. The molecule has 1 aromatic rings. The van der Waals surface area contributed by atoms with E-state index < -0.39 is 0 Å². The lowest BCUT2D eigenvalue weighted by atomic mass is 10.1. The minimum atomic E-state index is 0.0221. The van der Waals surface area contributed by atoms with E-state index in [4.69, 9.17) is 0 Å². The summed E-state index contributed by atoms with van der Waals surface area (Å²) >= 11 is 0. The Hall–Kier alpha value is -2.69. The number of aromatic nitrogens is 2. The highest BCUT2D eigenvalue weighted by Crippen LogP contribution is 2.36. The van der Waals surface area contributed by atoms with E-state index >= 15 is 0 Å². The highest BCUT2D eigenvalue weighted by atomic mass is 16.1. The Bertz CT molecular complexity index is 1030. The highest BCUT2D eigenvalue weighted by molar-refractivity contribution is 6.03. The first-order chi connectivity index (χ1) is 11.3. The molecule has 5 nitrogen and oxygen atoms in total. The van der Waals surface area contributed by atoms with Crippen LogP contribution in [0.1, 0.15) is 31.7 Å². The van der Waals surface area contributed by atoms with Gasteiger partial charge in [-0.2, -0.15) is 10.2 Å². The van der Waals surface area contributed by atoms with Gasteiger partial charge in [0.25, 0.3) is 5.56 Å². The first-order valence-corrected chi connectivity index (χ1v) is 8.10. The Morgan fingerprint density at radius 2 is 2.00 bits per heavy atom. The lowest BCUT2D eigenvalue weighted by molar-refractivity contribution is 0.452. The molecule has 0 amide bonds. The predicted octanol–water partition coefficient (Wildman–Crippen LogP) is 2.53. The standard InChI is InChI=1S/C18H16N4O/c23-18-14-6-5-11-9-10-19-20-17(11)13-7-8-15(16(13)14)21-22(18)12-3-1-2-4-12/h5-10,12,20H,1-4H2. The summed E-state index contributed by atoms with van der Waals surface area (Å²) in [6.45, 7) is 0. The summed E-state index contributed by atoms with van der Waals surface area (Å²) < 4.78 is 1.72. The number of fused-ring (bicyclic) bond motifs is 2. The largest absolute Gasteiger partial charge is 0.277 e. The lowest BCUT2D eigenvalue weighted by Crippen LogP contribution is -2.26. The molecule has 0 bridgehead atoms. The quantitative estimate of drug-likeness (QED) is 0.751. The van der Waals surface area contributed by atoms with Gasteiger partial charge in [-0.1, -0.05) is 18.9 Å². The minimum Gasteiger partial charge on any atom is -0.277 e. The fraction of sp³-hybridized carbons (Fsp3) is 0.278. The molecule has 4 aliphatic rings. The molecule has 3 aliphatic carbocycles. The first kappa shape index (κ1) is 12.8. The molecular formula is C18H16N4O. The second-order valence-electron chi connectivity index (χ2n) is 6.33. The van der Waals surface area contributed by atoms with Gasteiger partial charge in [-0.05, 0) is 37.1 Å². The van der Waals surface area contributed by atoms with Crippen molar-refractivity contribution in [3.63, 3.8) is 0 Å². The van der Waals surface area contributed by atoms with Gasteiger partial charge in [-0.3, -0.25) is 10.2 Å². The summed E-state index contributed by atoms with van der Waals surface area (Å²) in [6.07, 6.45) is 8.14. The van der Waals surface area contributed by atoms with Gasteiger partial charge in [0.1, 0.15) is 0 Å². The molecule has 1 N–H and O–H groups in total. The maximum atomic E-state index is 13.0. The van der Waals surface area contributed by atoms with Crippen molar-refractivity contribution >= 4 is 28.9 Å². The molecule has 1 aromatic heterocycles. The second-order valence-corrected chi connectivity index (χ2v) is 6.33. The van der Waals surface area contributed by atoms with Crippen LogP contribution in [0.5, 0.6) is 0 Å². The van der Waals surface area contributed by atoms with Gasteiger partial charge in [-0.25, -0.2) is 4.68 Å². The average Bonchev–Trinajstić information content (AvgIpc) is 3.20. The van der Waals surface area contributed by atoms with Crippen molar-refractivity contribution in [3.8, 4) is 11.1 Å². The minimum absolute atomic E-state index is 0.0221. The molecule has 1 aliphatic heterocycles. The van der Waals surface area contributed by atoms with Crippen molar-refractivity contribution in [2.75, 3.05) is 5.43 Å². The van der Waals surface area contributed by atoms with Gasteiger partial charge in [0, 0.05) is 22.6 Å². The molecule has 2 heterocycles. The molecular weight excluding hydrogens is 288 g/mol. The number of nitrogens with one attached hydrogen (secondary N) is 1. The Morgan fingerprint density at radius 3 is 2.87 bits per heavy atom. The third-order valence-electron chi connectivity index (χ3n) is 5.02. The van der Waals surface area contributed by atoms with E-state index in [0.29, 0.717) is 0 Å².